The van der Waals surface area contributed by atoms with Crippen molar-refractivity contribution in [3.8, 4) is 0 Å². The van der Waals surface area contributed by atoms with Gasteiger partial charge in [0, 0.05) is 25.3 Å². The normalized spacial score (nSPS) is 10.5. The van der Waals surface area contributed by atoms with E-state index in [0.717, 1.165) is 0 Å². The summed E-state index contributed by atoms with van der Waals surface area (Å²) in [6, 6.07) is 0.894. The zero-order valence-electron chi connectivity index (χ0n) is 10.1. The Morgan fingerprint density at radius 1 is 1.21 bits per heavy atom. The molecule has 0 heterocycles. The Labute approximate surface area is 108 Å². The molecule has 0 saturated carbocycles. The first-order valence-corrected chi connectivity index (χ1v) is 5.67. The van der Waals surface area contributed by atoms with Crippen molar-refractivity contribution in [2.45, 2.75) is 6.42 Å². The van der Waals surface area contributed by atoms with Crippen molar-refractivity contribution in [3.05, 3.63) is 35.1 Å². The summed E-state index contributed by atoms with van der Waals surface area (Å²) in [5.74, 6) is -4.51. The van der Waals surface area contributed by atoms with E-state index in [9.17, 15) is 18.0 Å². The third kappa shape index (κ3) is 4.88. The monoisotopic (exact) mass is 277 g/mol. The van der Waals surface area contributed by atoms with E-state index in [0.29, 0.717) is 25.2 Å². The Kier molecular flexibility index (Phi) is 6.31. The van der Waals surface area contributed by atoms with Crippen molar-refractivity contribution in [2.24, 2.45) is 0 Å². The molecule has 0 saturated heterocycles. The predicted octanol–water partition coefficient (Wildman–Crippen LogP) is 1.23. The van der Waals surface area contributed by atoms with Crippen molar-refractivity contribution >= 4 is 5.91 Å². The lowest BCUT2D eigenvalue weighted by atomic mass is 10.1. The van der Waals surface area contributed by atoms with Crippen molar-refractivity contribution in [2.75, 3.05) is 26.4 Å². The first kappa shape index (κ1) is 15.5. The summed E-state index contributed by atoms with van der Waals surface area (Å²) in [6.07, 6.45) is 0.427. The van der Waals surface area contributed by atoms with Gasteiger partial charge in [0.1, 0.15) is 23.0 Å². The number of ether oxygens (including phenoxy) is 1. The molecule has 1 amide bonds. The fourth-order valence-electron chi connectivity index (χ4n) is 1.39. The lowest BCUT2D eigenvalue weighted by Gasteiger charge is -2.07. The number of hydrogen-bond acceptors (Lipinski definition) is 3. The third-order valence-corrected chi connectivity index (χ3v) is 2.22. The molecule has 1 aromatic carbocycles. The molecule has 2 N–H and O–H groups in total. The Hall–Kier alpha value is -1.60. The van der Waals surface area contributed by atoms with Gasteiger partial charge in [-0.2, -0.15) is 0 Å². The van der Waals surface area contributed by atoms with Gasteiger partial charge >= 0.3 is 0 Å². The summed E-state index contributed by atoms with van der Waals surface area (Å²) in [5, 5.41) is 10.7. The minimum atomic E-state index is -1.24. The number of amides is 1. The number of aliphatic hydroxyl groups excluding tert-OH is 1. The predicted molar refractivity (Wildman–Crippen MR) is 61.2 cm³/mol. The smallest absolute Gasteiger partial charge is 0.257 e. The second-order valence-corrected chi connectivity index (χ2v) is 3.69. The minimum absolute atomic E-state index is 0.0988. The summed E-state index contributed by atoms with van der Waals surface area (Å²) in [6.45, 7) is 0.545. The van der Waals surface area contributed by atoms with E-state index in [-0.39, 0.29) is 19.8 Å². The van der Waals surface area contributed by atoms with Crippen LogP contribution in [-0.2, 0) is 4.74 Å². The molecule has 0 unspecified atom stereocenters. The molecule has 0 bridgehead atoms. The van der Waals surface area contributed by atoms with Gasteiger partial charge in [-0.15, -0.1) is 0 Å². The van der Waals surface area contributed by atoms with E-state index in [2.05, 4.69) is 5.32 Å². The molecule has 0 radical (unpaired) electrons. The van der Waals surface area contributed by atoms with E-state index in [1.807, 2.05) is 0 Å². The van der Waals surface area contributed by atoms with Crippen LogP contribution in [0.25, 0.3) is 0 Å². The number of carbonyl (C=O) groups is 1. The first-order valence-electron chi connectivity index (χ1n) is 5.67. The summed E-state index contributed by atoms with van der Waals surface area (Å²) >= 11 is 0. The van der Waals surface area contributed by atoms with Gasteiger partial charge in [0.25, 0.3) is 5.91 Å². The molecule has 0 spiro atoms. The first-order chi connectivity index (χ1) is 9.06. The van der Waals surface area contributed by atoms with Gasteiger partial charge in [-0.3, -0.25) is 4.79 Å². The van der Waals surface area contributed by atoms with Crippen LogP contribution in [0, 0.1) is 17.5 Å². The van der Waals surface area contributed by atoms with E-state index < -0.39 is 28.9 Å². The molecule has 0 aliphatic rings. The van der Waals surface area contributed by atoms with Crippen molar-refractivity contribution in [1.82, 2.24) is 5.32 Å². The highest BCUT2D eigenvalue weighted by atomic mass is 19.1. The van der Waals surface area contributed by atoms with Gasteiger partial charge < -0.3 is 15.2 Å². The van der Waals surface area contributed by atoms with Crippen LogP contribution >= 0.6 is 0 Å². The third-order valence-electron chi connectivity index (χ3n) is 2.22. The van der Waals surface area contributed by atoms with E-state index in [1.165, 1.54) is 0 Å². The average molecular weight is 277 g/mol. The van der Waals surface area contributed by atoms with Gasteiger partial charge in [-0.25, -0.2) is 13.2 Å². The molecule has 0 aliphatic heterocycles. The lowest BCUT2D eigenvalue weighted by Crippen LogP contribution is -2.27. The number of nitrogens with one attached hydrogen (secondary N) is 1. The summed E-state index contributed by atoms with van der Waals surface area (Å²) in [4.78, 5) is 11.5. The number of benzene rings is 1. The minimum Gasteiger partial charge on any atom is -0.394 e. The topological polar surface area (TPSA) is 58.6 Å². The maximum Gasteiger partial charge on any atom is 0.257 e. The van der Waals surface area contributed by atoms with Gasteiger partial charge in [-0.05, 0) is 6.42 Å². The number of rotatable bonds is 7. The Balaban J connectivity index is 2.46. The van der Waals surface area contributed by atoms with Gasteiger partial charge in [0.2, 0.25) is 0 Å². The van der Waals surface area contributed by atoms with E-state index >= 15 is 0 Å². The molecule has 4 nitrogen and oxygen atoms in total. The van der Waals surface area contributed by atoms with Crippen LogP contribution < -0.4 is 5.32 Å². The van der Waals surface area contributed by atoms with Crippen LogP contribution in [0.2, 0.25) is 0 Å². The number of hydrogen-bond donors (Lipinski definition) is 2. The highest BCUT2D eigenvalue weighted by molar-refractivity contribution is 5.94. The Bertz CT molecular complexity index is 417. The highest BCUT2D eigenvalue weighted by Crippen LogP contribution is 2.14. The molecule has 1 rings (SSSR count). The van der Waals surface area contributed by atoms with E-state index in [1.54, 1.807) is 0 Å². The second-order valence-electron chi connectivity index (χ2n) is 3.69. The molecular weight excluding hydrogens is 263 g/mol. The molecule has 1 aromatic rings. The molecular formula is C12H14F3NO3. The summed E-state index contributed by atoms with van der Waals surface area (Å²) in [7, 11) is 0. The quantitative estimate of drug-likeness (QED) is 0.737. The van der Waals surface area contributed by atoms with Gasteiger partial charge in [0.15, 0.2) is 0 Å². The molecule has 106 valence electrons. The molecule has 0 atom stereocenters. The number of halogens is 3. The molecule has 0 aliphatic carbocycles. The zero-order valence-corrected chi connectivity index (χ0v) is 10.1. The maximum absolute atomic E-state index is 13.2. The van der Waals surface area contributed by atoms with Crippen LogP contribution in [0.5, 0.6) is 0 Å². The van der Waals surface area contributed by atoms with Crippen LogP contribution in [0.15, 0.2) is 12.1 Å². The Morgan fingerprint density at radius 2 is 1.84 bits per heavy atom. The SMILES string of the molecule is O=C(NCCCOCCO)c1c(F)cc(F)cc1F. The standard InChI is InChI=1S/C12H14F3NO3/c13-8-6-9(14)11(10(15)7-8)12(18)16-2-1-4-19-5-3-17/h6-7,17H,1-5H2,(H,16,18). The molecule has 0 fully saturated rings. The van der Waals surface area contributed by atoms with Crippen LogP contribution in [0.1, 0.15) is 16.8 Å². The fraction of sp³-hybridized carbons (Fsp3) is 0.417. The number of carbonyl (C=O) groups excluding carboxylic acids is 1. The highest BCUT2D eigenvalue weighted by Gasteiger charge is 2.18. The Morgan fingerprint density at radius 3 is 2.42 bits per heavy atom. The van der Waals surface area contributed by atoms with E-state index in [4.69, 9.17) is 9.84 Å². The number of aliphatic hydroxyl groups is 1. The van der Waals surface area contributed by atoms with Crippen molar-refractivity contribution < 1.29 is 27.8 Å². The zero-order chi connectivity index (χ0) is 14.3. The molecule has 19 heavy (non-hydrogen) atoms. The maximum atomic E-state index is 13.2. The summed E-state index contributed by atoms with van der Waals surface area (Å²) < 4.78 is 44.1. The van der Waals surface area contributed by atoms with Gasteiger partial charge in [0.05, 0.1) is 13.2 Å². The average Bonchev–Trinajstić information content (AvgIpc) is 2.32. The van der Waals surface area contributed by atoms with Crippen LogP contribution in [-0.4, -0.2) is 37.4 Å². The largest absolute Gasteiger partial charge is 0.394 e. The lowest BCUT2D eigenvalue weighted by molar-refractivity contribution is 0.0864. The second kappa shape index (κ2) is 7.75. The van der Waals surface area contributed by atoms with Gasteiger partial charge in [-0.1, -0.05) is 0 Å². The molecule has 0 aromatic heterocycles. The summed E-state index contributed by atoms with van der Waals surface area (Å²) in [5.41, 5.74) is -0.808. The van der Waals surface area contributed by atoms with Crippen molar-refractivity contribution in [3.63, 3.8) is 0 Å². The van der Waals surface area contributed by atoms with Crippen LogP contribution in [0.3, 0.4) is 0 Å². The molecule has 7 heteroatoms. The van der Waals surface area contributed by atoms with Crippen LogP contribution in [0.4, 0.5) is 13.2 Å². The fourth-order valence-corrected chi connectivity index (χ4v) is 1.39. The van der Waals surface area contributed by atoms with Crippen molar-refractivity contribution in [1.29, 1.82) is 0 Å².